The fourth-order valence-corrected chi connectivity index (χ4v) is 2.39. The molecule has 0 bridgehead atoms. The first-order valence-corrected chi connectivity index (χ1v) is 7.15. The predicted octanol–water partition coefficient (Wildman–Crippen LogP) is 4.27. The quantitative estimate of drug-likeness (QED) is 0.711. The van der Waals surface area contributed by atoms with Crippen LogP contribution in [0.4, 0.5) is 5.69 Å². The molecule has 16 heavy (non-hydrogen) atoms. The van der Waals surface area contributed by atoms with E-state index in [0.29, 0.717) is 0 Å². The van der Waals surface area contributed by atoms with E-state index in [2.05, 4.69) is 62.1 Å². The lowest BCUT2D eigenvalue weighted by atomic mass is 10.2. The van der Waals surface area contributed by atoms with E-state index in [-0.39, 0.29) is 0 Å². The SMILES string of the molecule is CC(C)C(C)SCCCNc1ccccc1. The summed E-state index contributed by atoms with van der Waals surface area (Å²) < 4.78 is 0. The van der Waals surface area contributed by atoms with Gasteiger partial charge >= 0.3 is 0 Å². The molecule has 0 saturated heterocycles. The molecule has 0 radical (unpaired) electrons. The summed E-state index contributed by atoms with van der Waals surface area (Å²) in [7, 11) is 0. The lowest BCUT2D eigenvalue weighted by Crippen LogP contribution is -2.08. The van der Waals surface area contributed by atoms with E-state index in [1.165, 1.54) is 17.9 Å². The zero-order valence-electron chi connectivity index (χ0n) is 10.6. The average molecular weight is 237 g/mol. The molecule has 0 fully saturated rings. The largest absolute Gasteiger partial charge is 0.385 e. The van der Waals surface area contributed by atoms with Gasteiger partial charge in [-0.05, 0) is 30.2 Å². The lowest BCUT2D eigenvalue weighted by Gasteiger charge is -2.14. The van der Waals surface area contributed by atoms with E-state index < -0.39 is 0 Å². The summed E-state index contributed by atoms with van der Waals surface area (Å²) in [6, 6.07) is 10.4. The van der Waals surface area contributed by atoms with Gasteiger partial charge < -0.3 is 5.32 Å². The molecule has 0 aliphatic carbocycles. The fraction of sp³-hybridized carbons (Fsp3) is 0.571. The molecule has 1 aromatic carbocycles. The standard InChI is InChI=1S/C14H23NS/c1-12(2)13(3)16-11-7-10-15-14-8-5-4-6-9-14/h4-6,8-9,12-13,15H,7,10-11H2,1-3H3. The smallest absolute Gasteiger partial charge is 0.0340 e. The maximum Gasteiger partial charge on any atom is 0.0340 e. The van der Waals surface area contributed by atoms with Gasteiger partial charge in [0.05, 0.1) is 0 Å². The van der Waals surface area contributed by atoms with Crippen molar-refractivity contribution in [2.45, 2.75) is 32.4 Å². The highest BCUT2D eigenvalue weighted by atomic mass is 32.2. The van der Waals surface area contributed by atoms with Crippen LogP contribution in [0.1, 0.15) is 27.2 Å². The molecule has 1 N–H and O–H groups in total. The molecule has 0 saturated carbocycles. The van der Waals surface area contributed by atoms with Gasteiger partial charge in [-0.3, -0.25) is 0 Å². The first-order chi connectivity index (χ1) is 7.70. The Labute approximate surface area is 104 Å². The highest BCUT2D eigenvalue weighted by Gasteiger charge is 2.06. The second-order valence-electron chi connectivity index (χ2n) is 4.47. The van der Waals surface area contributed by atoms with Gasteiger partial charge in [-0.2, -0.15) is 11.8 Å². The van der Waals surface area contributed by atoms with Gasteiger partial charge in [0.2, 0.25) is 0 Å². The van der Waals surface area contributed by atoms with Crippen molar-refractivity contribution in [2.24, 2.45) is 5.92 Å². The van der Waals surface area contributed by atoms with Crippen molar-refractivity contribution in [3.8, 4) is 0 Å². The molecule has 0 aliphatic rings. The summed E-state index contributed by atoms with van der Waals surface area (Å²) in [6.45, 7) is 7.97. The normalized spacial score (nSPS) is 12.8. The Morgan fingerprint density at radius 2 is 1.81 bits per heavy atom. The Morgan fingerprint density at radius 3 is 2.44 bits per heavy atom. The first-order valence-electron chi connectivity index (χ1n) is 6.10. The molecule has 1 aromatic rings. The number of nitrogens with one attached hydrogen (secondary N) is 1. The Balaban J connectivity index is 2.04. The summed E-state index contributed by atoms with van der Waals surface area (Å²) in [6.07, 6.45) is 1.23. The third-order valence-corrected chi connectivity index (χ3v) is 4.34. The number of anilines is 1. The van der Waals surface area contributed by atoms with Gasteiger partial charge in [-0.25, -0.2) is 0 Å². The molecule has 90 valence electrons. The van der Waals surface area contributed by atoms with Crippen molar-refractivity contribution < 1.29 is 0 Å². The van der Waals surface area contributed by atoms with Crippen molar-refractivity contribution in [2.75, 3.05) is 17.6 Å². The molecule has 0 aliphatic heterocycles. The average Bonchev–Trinajstić information content (AvgIpc) is 2.29. The lowest BCUT2D eigenvalue weighted by molar-refractivity contribution is 0.642. The molecular weight excluding hydrogens is 214 g/mol. The van der Waals surface area contributed by atoms with Gasteiger partial charge in [0.25, 0.3) is 0 Å². The molecule has 1 nitrogen and oxygen atoms in total. The minimum Gasteiger partial charge on any atom is -0.385 e. The van der Waals surface area contributed by atoms with Crippen LogP contribution in [-0.4, -0.2) is 17.5 Å². The van der Waals surface area contributed by atoms with Crippen molar-refractivity contribution in [1.82, 2.24) is 0 Å². The first kappa shape index (κ1) is 13.4. The summed E-state index contributed by atoms with van der Waals surface area (Å²) >= 11 is 2.08. The van der Waals surface area contributed by atoms with Crippen LogP contribution in [0.15, 0.2) is 30.3 Å². The van der Waals surface area contributed by atoms with Crippen molar-refractivity contribution in [1.29, 1.82) is 0 Å². The predicted molar refractivity (Wildman–Crippen MR) is 76.3 cm³/mol. The van der Waals surface area contributed by atoms with Gasteiger partial charge in [-0.15, -0.1) is 0 Å². The topological polar surface area (TPSA) is 12.0 Å². The van der Waals surface area contributed by atoms with Crippen LogP contribution in [0.3, 0.4) is 0 Å². The van der Waals surface area contributed by atoms with Crippen LogP contribution in [0.5, 0.6) is 0 Å². The summed E-state index contributed by atoms with van der Waals surface area (Å²) in [4.78, 5) is 0. The Hall–Kier alpha value is -0.630. The maximum absolute atomic E-state index is 3.43. The van der Waals surface area contributed by atoms with Gasteiger partial charge in [0, 0.05) is 17.5 Å². The molecule has 2 heteroatoms. The Morgan fingerprint density at radius 1 is 1.12 bits per heavy atom. The van der Waals surface area contributed by atoms with Crippen LogP contribution >= 0.6 is 11.8 Å². The van der Waals surface area contributed by atoms with E-state index in [1.807, 2.05) is 6.07 Å². The highest BCUT2D eigenvalue weighted by molar-refractivity contribution is 7.99. The van der Waals surface area contributed by atoms with Crippen molar-refractivity contribution in [3.63, 3.8) is 0 Å². The van der Waals surface area contributed by atoms with Crippen LogP contribution in [0, 0.1) is 5.92 Å². The van der Waals surface area contributed by atoms with E-state index in [9.17, 15) is 0 Å². The molecule has 0 aromatic heterocycles. The van der Waals surface area contributed by atoms with E-state index in [0.717, 1.165) is 17.7 Å². The monoisotopic (exact) mass is 237 g/mol. The molecule has 0 amide bonds. The second kappa shape index (κ2) is 7.61. The molecular formula is C14H23NS. The third kappa shape index (κ3) is 5.45. The minimum atomic E-state index is 0.775. The Bertz CT molecular complexity index is 271. The summed E-state index contributed by atoms with van der Waals surface area (Å²) in [5.41, 5.74) is 1.23. The van der Waals surface area contributed by atoms with Crippen LogP contribution in [0.25, 0.3) is 0 Å². The maximum atomic E-state index is 3.43. The molecule has 0 spiro atoms. The second-order valence-corrected chi connectivity index (χ2v) is 5.95. The van der Waals surface area contributed by atoms with Crippen molar-refractivity contribution >= 4 is 17.4 Å². The number of rotatable bonds is 7. The van der Waals surface area contributed by atoms with Gasteiger partial charge in [-0.1, -0.05) is 39.0 Å². The highest BCUT2D eigenvalue weighted by Crippen LogP contribution is 2.19. The van der Waals surface area contributed by atoms with E-state index in [4.69, 9.17) is 0 Å². The zero-order chi connectivity index (χ0) is 11.8. The van der Waals surface area contributed by atoms with Gasteiger partial charge in [0.1, 0.15) is 0 Å². The number of benzene rings is 1. The zero-order valence-corrected chi connectivity index (χ0v) is 11.4. The summed E-state index contributed by atoms with van der Waals surface area (Å²) in [5.74, 6) is 2.03. The molecule has 1 atom stereocenters. The van der Waals surface area contributed by atoms with Crippen molar-refractivity contribution in [3.05, 3.63) is 30.3 Å². The number of hydrogen-bond acceptors (Lipinski definition) is 2. The van der Waals surface area contributed by atoms with Crippen LogP contribution in [0.2, 0.25) is 0 Å². The molecule has 1 rings (SSSR count). The minimum absolute atomic E-state index is 0.775. The Kier molecular flexibility index (Phi) is 6.39. The van der Waals surface area contributed by atoms with Crippen LogP contribution < -0.4 is 5.32 Å². The van der Waals surface area contributed by atoms with Crippen LogP contribution in [-0.2, 0) is 0 Å². The van der Waals surface area contributed by atoms with Gasteiger partial charge in [0.15, 0.2) is 0 Å². The molecule has 0 heterocycles. The number of thioether (sulfide) groups is 1. The van der Waals surface area contributed by atoms with E-state index >= 15 is 0 Å². The number of para-hydroxylation sites is 1. The molecule has 1 unspecified atom stereocenters. The summed E-state index contributed by atoms with van der Waals surface area (Å²) in [5, 5.41) is 4.21. The third-order valence-electron chi connectivity index (χ3n) is 2.74. The van der Waals surface area contributed by atoms with E-state index in [1.54, 1.807) is 0 Å². The number of hydrogen-bond donors (Lipinski definition) is 1. The fourth-order valence-electron chi connectivity index (χ4n) is 1.32.